The minimum atomic E-state index is -0.618. The predicted molar refractivity (Wildman–Crippen MR) is 132 cm³/mol. The molecule has 0 bridgehead atoms. The van der Waals surface area contributed by atoms with Gasteiger partial charge < -0.3 is 25.5 Å². The molecule has 0 spiro atoms. The van der Waals surface area contributed by atoms with E-state index < -0.39 is 5.79 Å². The summed E-state index contributed by atoms with van der Waals surface area (Å²) in [6, 6.07) is 10.2. The van der Waals surface area contributed by atoms with Gasteiger partial charge in [0.1, 0.15) is 29.7 Å². The highest BCUT2D eigenvalue weighted by Gasteiger charge is 2.54. The number of pyridine rings is 1. The molecule has 9 heteroatoms. The second-order valence-corrected chi connectivity index (χ2v) is 10.2. The lowest BCUT2D eigenvalue weighted by Gasteiger charge is -2.24. The highest BCUT2D eigenvalue weighted by Crippen LogP contribution is 2.49. The lowest BCUT2D eigenvalue weighted by molar-refractivity contribution is -0.160. The number of hydrogen-bond donors (Lipinski definition) is 2. The molecule has 176 valence electrons. The van der Waals surface area contributed by atoms with Gasteiger partial charge in [-0.25, -0.2) is 15.0 Å². The van der Waals surface area contributed by atoms with Crippen molar-refractivity contribution in [3.63, 3.8) is 0 Å². The number of rotatable bonds is 4. The lowest BCUT2D eigenvalue weighted by Crippen LogP contribution is -2.27. The first kappa shape index (κ1) is 21.6. The lowest BCUT2D eigenvalue weighted by atomic mass is 9.95. The van der Waals surface area contributed by atoms with E-state index >= 15 is 0 Å². The van der Waals surface area contributed by atoms with E-state index in [1.165, 1.54) is 11.9 Å². The van der Waals surface area contributed by atoms with Crippen molar-refractivity contribution < 1.29 is 9.47 Å². The summed E-state index contributed by atoms with van der Waals surface area (Å²) >= 11 is 6.12. The van der Waals surface area contributed by atoms with Crippen molar-refractivity contribution in [3.8, 4) is 0 Å². The summed E-state index contributed by atoms with van der Waals surface area (Å²) in [6.45, 7) is 3.97. The van der Waals surface area contributed by atoms with Gasteiger partial charge in [0.05, 0.1) is 28.1 Å². The van der Waals surface area contributed by atoms with Crippen molar-refractivity contribution in [2.45, 2.75) is 57.1 Å². The first-order chi connectivity index (χ1) is 16.3. The Bertz CT molecular complexity index is 1400. The maximum atomic E-state index is 6.40. The standard InChI is InChI=1S/C25H27ClN6O2/c1-25(2)33-20-15(6-4-13-3-5-14-10-17(26)23(28)31-18(14)9-13)11-19(21(20)34-25)32-8-7-16-22(27)29-12-30-24(16)32/h3,5,7-10,12,15,19-21H,4,6,11H2,1-2H3,(H2,28,31)(H2,27,29,30)/t15-,19+,20+,21-/m0/s1. The van der Waals surface area contributed by atoms with Gasteiger partial charge in [0.2, 0.25) is 0 Å². The molecule has 2 fully saturated rings. The van der Waals surface area contributed by atoms with Crippen molar-refractivity contribution in [1.29, 1.82) is 0 Å². The van der Waals surface area contributed by atoms with Gasteiger partial charge in [-0.15, -0.1) is 0 Å². The monoisotopic (exact) mass is 478 g/mol. The second kappa shape index (κ2) is 7.80. The van der Waals surface area contributed by atoms with Crippen LogP contribution in [0.25, 0.3) is 21.9 Å². The fraction of sp³-hybridized carbons (Fsp3) is 0.400. The molecule has 0 radical (unpaired) electrons. The molecule has 4 aromatic rings. The molecule has 2 aliphatic rings. The van der Waals surface area contributed by atoms with Crippen LogP contribution >= 0.6 is 11.6 Å². The molecular weight excluding hydrogens is 452 g/mol. The number of nitrogen functional groups attached to an aromatic ring is 2. The third kappa shape index (κ3) is 3.57. The van der Waals surface area contributed by atoms with E-state index in [-0.39, 0.29) is 18.2 Å². The van der Waals surface area contributed by atoms with Crippen LogP contribution in [0.3, 0.4) is 0 Å². The largest absolute Gasteiger partial charge is 0.383 e. The van der Waals surface area contributed by atoms with Gasteiger partial charge >= 0.3 is 0 Å². The first-order valence-electron chi connectivity index (χ1n) is 11.6. The Morgan fingerprint density at radius 1 is 1.09 bits per heavy atom. The third-order valence-electron chi connectivity index (χ3n) is 7.12. The van der Waals surface area contributed by atoms with Crippen LogP contribution in [0.2, 0.25) is 5.02 Å². The summed E-state index contributed by atoms with van der Waals surface area (Å²) in [4.78, 5) is 13.1. The predicted octanol–water partition coefficient (Wildman–Crippen LogP) is 4.51. The fourth-order valence-corrected chi connectivity index (χ4v) is 5.74. The maximum Gasteiger partial charge on any atom is 0.163 e. The fourth-order valence-electron chi connectivity index (χ4n) is 5.58. The highest BCUT2D eigenvalue weighted by atomic mass is 35.5. The quantitative estimate of drug-likeness (QED) is 0.443. The van der Waals surface area contributed by atoms with Gasteiger partial charge in [0, 0.05) is 11.6 Å². The second-order valence-electron chi connectivity index (χ2n) is 9.77. The van der Waals surface area contributed by atoms with E-state index in [9.17, 15) is 0 Å². The van der Waals surface area contributed by atoms with Crippen molar-refractivity contribution in [3.05, 3.63) is 53.4 Å². The van der Waals surface area contributed by atoms with E-state index in [1.807, 2.05) is 32.2 Å². The number of nitrogens with zero attached hydrogens (tertiary/aromatic N) is 4. The number of aryl methyl sites for hydroxylation is 1. The Kier molecular flexibility index (Phi) is 4.95. The molecule has 1 aliphatic carbocycles. The highest BCUT2D eigenvalue weighted by molar-refractivity contribution is 6.33. The Hall–Kier alpha value is -2.94. The molecule has 4 atom stereocenters. The molecule has 1 saturated heterocycles. The number of nitrogens with two attached hydrogens (primary N) is 2. The normalized spacial score (nSPS) is 25.9. The van der Waals surface area contributed by atoms with Crippen LogP contribution in [0.1, 0.15) is 38.3 Å². The number of ether oxygens (including phenoxy) is 2. The molecule has 0 amide bonds. The van der Waals surface area contributed by atoms with Crippen LogP contribution in [-0.2, 0) is 15.9 Å². The minimum Gasteiger partial charge on any atom is -0.383 e. The summed E-state index contributed by atoms with van der Waals surface area (Å²) in [5.74, 6) is 0.570. The van der Waals surface area contributed by atoms with Gasteiger partial charge in [0.25, 0.3) is 0 Å². The van der Waals surface area contributed by atoms with E-state index in [2.05, 4.69) is 37.7 Å². The zero-order valence-electron chi connectivity index (χ0n) is 19.1. The average Bonchev–Trinajstić information content (AvgIpc) is 3.45. The molecule has 6 rings (SSSR count). The molecule has 1 aromatic carbocycles. The van der Waals surface area contributed by atoms with Crippen molar-refractivity contribution in [2.24, 2.45) is 5.92 Å². The summed E-state index contributed by atoms with van der Waals surface area (Å²) in [5, 5.41) is 2.33. The maximum absolute atomic E-state index is 6.40. The summed E-state index contributed by atoms with van der Waals surface area (Å²) in [7, 11) is 0. The van der Waals surface area contributed by atoms with E-state index in [0.29, 0.717) is 22.6 Å². The van der Waals surface area contributed by atoms with Crippen molar-refractivity contribution in [1.82, 2.24) is 19.5 Å². The van der Waals surface area contributed by atoms with Crippen LogP contribution in [0.5, 0.6) is 0 Å². The molecule has 8 nitrogen and oxygen atoms in total. The average molecular weight is 479 g/mol. The number of fused-ring (bicyclic) bond motifs is 3. The number of benzene rings is 1. The molecule has 1 aliphatic heterocycles. The van der Waals surface area contributed by atoms with Gasteiger partial charge in [-0.3, -0.25) is 0 Å². The third-order valence-corrected chi connectivity index (χ3v) is 7.42. The Labute approximate surface area is 202 Å². The molecular formula is C25H27ClN6O2. The molecule has 0 unspecified atom stereocenters. The van der Waals surface area contributed by atoms with E-state index in [0.717, 1.165) is 41.2 Å². The topological polar surface area (TPSA) is 114 Å². The van der Waals surface area contributed by atoms with Gasteiger partial charge in [-0.2, -0.15) is 0 Å². The molecule has 34 heavy (non-hydrogen) atoms. The Balaban J connectivity index is 1.27. The Morgan fingerprint density at radius 2 is 1.91 bits per heavy atom. The first-order valence-corrected chi connectivity index (χ1v) is 11.9. The molecule has 3 aromatic heterocycles. The van der Waals surface area contributed by atoms with Crippen LogP contribution in [-0.4, -0.2) is 37.5 Å². The van der Waals surface area contributed by atoms with E-state index in [1.54, 1.807) is 0 Å². The van der Waals surface area contributed by atoms with Crippen molar-refractivity contribution in [2.75, 3.05) is 11.5 Å². The van der Waals surface area contributed by atoms with Crippen molar-refractivity contribution >= 4 is 45.2 Å². The number of anilines is 2. The minimum absolute atomic E-state index is 0.0182. The van der Waals surface area contributed by atoms with Gasteiger partial charge in [-0.1, -0.05) is 23.7 Å². The Morgan fingerprint density at radius 3 is 2.76 bits per heavy atom. The summed E-state index contributed by atoms with van der Waals surface area (Å²) < 4.78 is 15.0. The SMILES string of the molecule is CC1(C)O[C@@H]2[C@@H](CCc3ccc4cc(Cl)c(N)nc4c3)C[C@@H](n3ccc4c(N)ncnc43)[C@@H]2O1. The smallest absolute Gasteiger partial charge is 0.163 e. The summed E-state index contributed by atoms with van der Waals surface area (Å²) in [6.07, 6.45) is 6.35. The van der Waals surface area contributed by atoms with Gasteiger partial charge in [0.15, 0.2) is 5.79 Å². The summed E-state index contributed by atoms with van der Waals surface area (Å²) in [5.41, 5.74) is 14.9. The van der Waals surface area contributed by atoms with Crippen LogP contribution < -0.4 is 11.5 Å². The van der Waals surface area contributed by atoms with Crippen LogP contribution in [0.4, 0.5) is 11.6 Å². The van der Waals surface area contributed by atoms with Gasteiger partial charge in [-0.05, 0) is 62.8 Å². The molecule has 1 saturated carbocycles. The van der Waals surface area contributed by atoms with E-state index in [4.69, 9.17) is 32.5 Å². The zero-order chi connectivity index (χ0) is 23.6. The van der Waals surface area contributed by atoms with Crippen LogP contribution in [0, 0.1) is 5.92 Å². The zero-order valence-corrected chi connectivity index (χ0v) is 19.9. The van der Waals surface area contributed by atoms with Crippen LogP contribution in [0.15, 0.2) is 42.9 Å². The number of hydrogen-bond acceptors (Lipinski definition) is 7. The number of halogens is 1. The molecule has 4 N–H and O–H groups in total. The number of aromatic nitrogens is 4. The molecule has 4 heterocycles.